The van der Waals surface area contributed by atoms with Crippen molar-refractivity contribution >= 4 is 21.4 Å². The van der Waals surface area contributed by atoms with Crippen molar-refractivity contribution in [3.8, 4) is 0 Å². The van der Waals surface area contributed by atoms with E-state index in [-0.39, 0.29) is 4.90 Å². The number of benzene rings is 1. The molecule has 1 saturated heterocycles. The van der Waals surface area contributed by atoms with E-state index in [1.54, 1.807) is 12.1 Å². The van der Waals surface area contributed by atoms with Crippen LogP contribution in [0.25, 0.3) is 0 Å². The van der Waals surface area contributed by atoms with Gasteiger partial charge >= 0.3 is 0 Å². The summed E-state index contributed by atoms with van der Waals surface area (Å²) in [6.45, 7) is 3.91. The number of nitrogens with two attached hydrogens (primary N) is 2. The summed E-state index contributed by atoms with van der Waals surface area (Å²) in [6.07, 6.45) is 3.38. The fourth-order valence-electron chi connectivity index (χ4n) is 2.64. The number of sulfonamides is 1. The van der Waals surface area contributed by atoms with Crippen molar-refractivity contribution in [2.75, 3.05) is 23.7 Å². The molecule has 1 aromatic carbocycles. The van der Waals surface area contributed by atoms with Crippen LogP contribution in [-0.4, -0.2) is 21.5 Å². The maximum Gasteiger partial charge on any atom is 0.240 e. The Labute approximate surface area is 114 Å². The van der Waals surface area contributed by atoms with Crippen molar-refractivity contribution < 1.29 is 8.42 Å². The third kappa shape index (κ3) is 3.19. The van der Waals surface area contributed by atoms with E-state index >= 15 is 0 Å². The largest absolute Gasteiger partial charge is 0.399 e. The van der Waals surface area contributed by atoms with Crippen LogP contribution in [0.2, 0.25) is 0 Å². The molecule has 1 atom stereocenters. The molecule has 1 aliphatic rings. The van der Waals surface area contributed by atoms with Gasteiger partial charge in [0.05, 0.1) is 5.69 Å². The predicted octanol–water partition coefficient (Wildman–Crippen LogP) is 1.54. The zero-order chi connectivity index (χ0) is 14.0. The van der Waals surface area contributed by atoms with E-state index in [0.717, 1.165) is 25.9 Å². The average Bonchev–Trinajstić information content (AvgIpc) is 2.37. The molecule has 0 aliphatic carbocycles. The van der Waals surface area contributed by atoms with Crippen LogP contribution in [0, 0.1) is 5.92 Å². The van der Waals surface area contributed by atoms with Crippen LogP contribution in [0.15, 0.2) is 23.1 Å². The minimum Gasteiger partial charge on any atom is -0.399 e. The molecule has 1 unspecified atom stereocenters. The van der Waals surface area contributed by atoms with Gasteiger partial charge in [0, 0.05) is 18.8 Å². The predicted molar refractivity (Wildman–Crippen MR) is 77.5 cm³/mol. The molecule has 1 fully saturated rings. The number of piperidine rings is 1. The van der Waals surface area contributed by atoms with Gasteiger partial charge in [-0.05, 0) is 37.0 Å². The highest BCUT2D eigenvalue weighted by Crippen LogP contribution is 2.31. The monoisotopic (exact) mass is 283 g/mol. The summed E-state index contributed by atoms with van der Waals surface area (Å²) in [7, 11) is -3.75. The van der Waals surface area contributed by atoms with Crippen molar-refractivity contribution in [2.45, 2.75) is 31.1 Å². The van der Waals surface area contributed by atoms with Crippen LogP contribution in [0.3, 0.4) is 0 Å². The second-order valence-corrected chi connectivity index (χ2v) is 6.66. The van der Waals surface area contributed by atoms with Gasteiger partial charge in [0.25, 0.3) is 0 Å². The van der Waals surface area contributed by atoms with E-state index in [4.69, 9.17) is 10.9 Å². The van der Waals surface area contributed by atoms with Crippen molar-refractivity contribution in [1.82, 2.24) is 0 Å². The Bertz CT molecular complexity index is 557. The standard InChI is InChI=1S/C13H21N3O2S/c1-2-10-4-3-7-16(9-10)12-6-5-11(14)8-13(12)19(15,17)18/h5-6,8,10H,2-4,7,9,14H2,1H3,(H2,15,17,18). The van der Waals surface area contributed by atoms with Gasteiger partial charge in [0.1, 0.15) is 4.90 Å². The molecule has 2 rings (SSSR count). The average molecular weight is 283 g/mol. The Morgan fingerprint density at radius 2 is 2.16 bits per heavy atom. The lowest BCUT2D eigenvalue weighted by Gasteiger charge is -2.35. The Balaban J connectivity index is 2.39. The first-order valence-corrected chi connectivity index (χ1v) is 8.13. The Kier molecular flexibility index (Phi) is 4.01. The molecule has 1 aromatic rings. The van der Waals surface area contributed by atoms with E-state index in [0.29, 0.717) is 17.3 Å². The van der Waals surface area contributed by atoms with Crippen molar-refractivity contribution in [3.05, 3.63) is 18.2 Å². The van der Waals surface area contributed by atoms with E-state index in [1.807, 2.05) is 0 Å². The molecule has 0 radical (unpaired) electrons. The quantitative estimate of drug-likeness (QED) is 0.823. The van der Waals surface area contributed by atoms with Crippen molar-refractivity contribution in [2.24, 2.45) is 11.1 Å². The second-order valence-electron chi connectivity index (χ2n) is 5.13. The zero-order valence-electron chi connectivity index (χ0n) is 11.2. The van der Waals surface area contributed by atoms with Gasteiger partial charge in [-0.15, -0.1) is 0 Å². The molecule has 1 heterocycles. The smallest absolute Gasteiger partial charge is 0.240 e. The van der Waals surface area contributed by atoms with E-state index < -0.39 is 10.0 Å². The number of primary sulfonamides is 1. The molecule has 0 amide bonds. The first-order chi connectivity index (χ1) is 8.91. The SMILES string of the molecule is CCC1CCCN(c2ccc(N)cc2S(N)(=O)=O)C1. The number of anilines is 2. The Morgan fingerprint density at radius 3 is 2.79 bits per heavy atom. The molecular formula is C13H21N3O2S. The number of nitrogens with zero attached hydrogens (tertiary/aromatic N) is 1. The van der Waals surface area contributed by atoms with Gasteiger partial charge in [0.15, 0.2) is 0 Å². The summed E-state index contributed by atoms with van der Waals surface area (Å²) in [5.41, 5.74) is 6.76. The molecule has 19 heavy (non-hydrogen) atoms. The van der Waals surface area contributed by atoms with E-state index in [2.05, 4.69) is 11.8 Å². The number of nitrogen functional groups attached to an aromatic ring is 1. The zero-order valence-corrected chi connectivity index (χ0v) is 12.0. The second kappa shape index (κ2) is 5.38. The maximum atomic E-state index is 11.7. The van der Waals surface area contributed by atoms with Crippen LogP contribution in [0.4, 0.5) is 11.4 Å². The number of hydrogen-bond acceptors (Lipinski definition) is 4. The number of hydrogen-bond donors (Lipinski definition) is 2. The molecule has 0 saturated carbocycles. The fourth-order valence-corrected chi connectivity index (χ4v) is 3.43. The topological polar surface area (TPSA) is 89.4 Å². The van der Waals surface area contributed by atoms with E-state index in [9.17, 15) is 8.42 Å². The summed E-state index contributed by atoms with van der Waals surface area (Å²) in [6, 6.07) is 4.92. The van der Waals surface area contributed by atoms with Crippen LogP contribution in [-0.2, 0) is 10.0 Å². The minimum atomic E-state index is -3.75. The molecule has 0 spiro atoms. The Hall–Kier alpha value is -1.27. The minimum absolute atomic E-state index is 0.129. The van der Waals surface area contributed by atoms with Crippen LogP contribution in [0.5, 0.6) is 0 Å². The lowest BCUT2D eigenvalue weighted by atomic mass is 9.95. The van der Waals surface area contributed by atoms with Crippen LogP contribution < -0.4 is 15.8 Å². The summed E-state index contributed by atoms with van der Waals surface area (Å²) in [5.74, 6) is 0.611. The molecule has 0 bridgehead atoms. The first kappa shape index (κ1) is 14.1. The van der Waals surface area contributed by atoms with Gasteiger partial charge in [-0.25, -0.2) is 13.6 Å². The lowest BCUT2D eigenvalue weighted by Crippen LogP contribution is -2.36. The highest BCUT2D eigenvalue weighted by molar-refractivity contribution is 7.89. The van der Waals surface area contributed by atoms with Crippen LogP contribution >= 0.6 is 0 Å². The lowest BCUT2D eigenvalue weighted by molar-refractivity contribution is 0.403. The Morgan fingerprint density at radius 1 is 1.42 bits per heavy atom. The van der Waals surface area contributed by atoms with Crippen molar-refractivity contribution in [3.63, 3.8) is 0 Å². The van der Waals surface area contributed by atoms with E-state index in [1.165, 1.54) is 12.5 Å². The van der Waals surface area contributed by atoms with Gasteiger partial charge in [-0.2, -0.15) is 0 Å². The van der Waals surface area contributed by atoms with Gasteiger partial charge in [0.2, 0.25) is 10.0 Å². The van der Waals surface area contributed by atoms with Gasteiger partial charge < -0.3 is 10.6 Å². The summed E-state index contributed by atoms with van der Waals surface area (Å²) >= 11 is 0. The number of rotatable bonds is 3. The molecular weight excluding hydrogens is 262 g/mol. The first-order valence-electron chi connectivity index (χ1n) is 6.59. The molecule has 1 aliphatic heterocycles. The normalized spacial score (nSPS) is 20.5. The maximum absolute atomic E-state index is 11.7. The highest BCUT2D eigenvalue weighted by Gasteiger charge is 2.24. The summed E-state index contributed by atoms with van der Waals surface area (Å²) < 4.78 is 23.4. The molecule has 106 valence electrons. The molecule has 5 nitrogen and oxygen atoms in total. The van der Waals surface area contributed by atoms with Gasteiger partial charge in [-0.3, -0.25) is 0 Å². The highest BCUT2D eigenvalue weighted by atomic mass is 32.2. The summed E-state index contributed by atoms with van der Waals surface area (Å²) in [5, 5.41) is 5.29. The molecule has 4 N–H and O–H groups in total. The van der Waals surface area contributed by atoms with Crippen molar-refractivity contribution in [1.29, 1.82) is 0 Å². The summed E-state index contributed by atoms with van der Waals surface area (Å²) in [4.78, 5) is 2.24. The fraction of sp³-hybridized carbons (Fsp3) is 0.538. The van der Waals surface area contributed by atoms with Crippen LogP contribution in [0.1, 0.15) is 26.2 Å². The molecule has 0 aromatic heterocycles. The molecule has 6 heteroatoms. The van der Waals surface area contributed by atoms with Gasteiger partial charge in [-0.1, -0.05) is 13.3 Å². The third-order valence-electron chi connectivity index (χ3n) is 3.73. The third-order valence-corrected chi connectivity index (χ3v) is 4.67.